The number of hydrogen-bond acceptors (Lipinski definition) is 10. The largest absolute Gasteiger partial charge is 0.381 e. The number of likely N-dealkylation sites (N-methyl/N-ethyl adjacent to an activating group) is 2. The molecule has 16 nitrogen and oxygen atoms in total. The normalized spacial score (nSPS) is 21.6. The van der Waals surface area contributed by atoms with Crippen LogP contribution in [0.2, 0.25) is 0 Å². The van der Waals surface area contributed by atoms with Gasteiger partial charge in [0.25, 0.3) is 11.8 Å². The monoisotopic (exact) mass is 1070 g/mol. The summed E-state index contributed by atoms with van der Waals surface area (Å²) in [4.78, 5) is 93.8. The van der Waals surface area contributed by atoms with E-state index >= 15 is 0 Å². The predicted octanol–water partition coefficient (Wildman–Crippen LogP) is 5.72. The van der Waals surface area contributed by atoms with Crippen LogP contribution >= 0.6 is 0 Å². The molecule has 0 aliphatic carbocycles. The molecule has 0 bridgehead atoms. The van der Waals surface area contributed by atoms with E-state index in [1.54, 1.807) is 27.9 Å². The molecule has 4 aliphatic rings. The highest BCUT2D eigenvalue weighted by Gasteiger charge is 2.44. The van der Waals surface area contributed by atoms with E-state index in [0.29, 0.717) is 115 Å². The lowest BCUT2D eigenvalue weighted by molar-refractivity contribution is -0.140. The number of rotatable bonds is 22. The molecule has 4 aromatic carbocycles. The van der Waals surface area contributed by atoms with Crippen molar-refractivity contribution in [3.63, 3.8) is 0 Å². The first-order chi connectivity index (χ1) is 37.7. The van der Waals surface area contributed by atoms with Gasteiger partial charge in [0.05, 0.1) is 24.2 Å². The summed E-state index contributed by atoms with van der Waals surface area (Å²) >= 11 is 0. The van der Waals surface area contributed by atoms with Gasteiger partial charge in [0, 0.05) is 76.8 Å². The van der Waals surface area contributed by atoms with Gasteiger partial charge in [0.2, 0.25) is 23.6 Å². The average Bonchev–Trinajstić information content (AvgIpc) is 4.06. The van der Waals surface area contributed by atoms with Gasteiger partial charge in [-0.25, -0.2) is 0 Å². The number of carbonyl (C=O) groups excluding carboxylic acids is 6. The van der Waals surface area contributed by atoms with E-state index in [-0.39, 0.29) is 71.2 Å². The molecule has 0 unspecified atom stereocenters. The van der Waals surface area contributed by atoms with Gasteiger partial charge >= 0.3 is 0 Å². The third kappa shape index (κ3) is 14.3. The Labute approximate surface area is 461 Å². The molecule has 4 fully saturated rings. The Morgan fingerprint density at radius 2 is 0.910 bits per heavy atom. The Morgan fingerprint density at radius 1 is 0.538 bits per heavy atom. The van der Waals surface area contributed by atoms with Crippen LogP contribution in [-0.4, -0.2) is 171 Å². The lowest BCUT2D eigenvalue weighted by Gasteiger charge is -2.38. The van der Waals surface area contributed by atoms with Gasteiger partial charge in [0.15, 0.2) is 0 Å². The zero-order valence-electron chi connectivity index (χ0n) is 46.8. The van der Waals surface area contributed by atoms with Crippen molar-refractivity contribution >= 4 is 46.2 Å². The van der Waals surface area contributed by atoms with Crippen LogP contribution in [0, 0.1) is 23.7 Å². The minimum atomic E-state index is -0.704. The summed E-state index contributed by atoms with van der Waals surface area (Å²) in [6.07, 6.45) is 5.49. The number of carbonyl (C=O) groups is 6. The number of likely N-dealkylation sites (tertiary alicyclic amines) is 2. The van der Waals surface area contributed by atoms with E-state index in [1.165, 1.54) is 0 Å². The van der Waals surface area contributed by atoms with Crippen molar-refractivity contribution < 1.29 is 38.2 Å². The number of amides is 6. The van der Waals surface area contributed by atoms with Gasteiger partial charge in [-0.15, -0.1) is 0 Å². The SMILES string of the molecule is CN[C@@H](C)C(=O)N[C@H](C(=O)N1CC[C@H](C)[C@H]1CN(CCc1ccccc1)C(=O)c1ccc2cc(C(=O)N(CCc3ccccc3)C[C@@H]3[C@@H](C)CCN3C(=O)[C@@H](NC(=O)[C@H](C)NC)C3CCOCC3)ccc2c1)C1CCOCC1. The van der Waals surface area contributed by atoms with Crippen LogP contribution in [0.1, 0.15) is 98.1 Å². The topological polar surface area (TPSA) is 182 Å². The average molecular weight is 1070 g/mol. The molecule has 8 atom stereocenters. The smallest absolute Gasteiger partial charge is 0.253 e. The Hall–Kier alpha value is -6.20. The fourth-order valence-corrected chi connectivity index (χ4v) is 11.9. The van der Waals surface area contributed by atoms with Crippen molar-refractivity contribution in [2.45, 2.75) is 115 Å². The number of benzene rings is 4. The summed E-state index contributed by atoms with van der Waals surface area (Å²) in [6.45, 7) is 12.6. The summed E-state index contributed by atoms with van der Waals surface area (Å²) in [5.74, 6) is -0.884. The first kappa shape index (κ1) is 58.0. The van der Waals surface area contributed by atoms with Gasteiger partial charge in [-0.1, -0.05) is 86.6 Å². The van der Waals surface area contributed by atoms with E-state index in [1.807, 2.05) is 92.4 Å². The number of ether oxygens (including phenoxy) is 2. The zero-order chi connectivity index (χ0) is 55.3. The van der Waals surface area contributed by atoms with Crippen molar-refractivity contribution in [3.8, 4) is 0 Å². The molecule has 4 N–H and O–H groups in total. The van der Waals surface area contributed by atoms with Crippen LogP contribution in [0.3, 0.4) is 0 Å². The summed E-state index contributed by atoms with van der Waals surface area (Å²) in [7, 11) is 3.45. The fraction of sp³-hybridized carbons (Fsp3) is 0.548. The molecular formula is C62H84N8O8. The maximum atomic E-state index is 15.0. The van der Waals surface area contributed by atoms with Crippen LogP contribution in [-0.2, 0) is 41.5 Å². The Balaban J connectivity index is 1.03. The van der Waals surface area contributed by atoms with E-state index in [0.717, 1.165) is 34.7 Å². The fourth-order valence-electron chi connectivity index (χ4n) is 11.9. The van der Waals surface area contributed by atoms with Gasteiger partial charge in [-0.05, 0) is 149 Å². The second-order valence-corrected chi connectivity index (χ2v) is 22.4. The zero-order valence-corrected chi connectivity index (χ0v) is 46.8. The number of nitrogens with one attached hydrogen (secondary N) is 4. The highest BCUT2D eigenvalue weighted by atomic mass is 16.5. The van der Waals surface area contributed by atoms with Crippen molar-refractivity contribution in [3.05, 3.63) is 119 Å². The number of fused-ring (bicyclic) bond motifs is 1. The summed E-state index contributed by atoms with van der Waals surface area (Å²) in [6, 6.07) is 28.5. The van der Waals surface area contributed by atoms with Crippen molar-refractivity contribution in [1.29, 1.82) is 0 Å². The van der Waals surface area contributed by atoms with Crippen molar-refractivity contribution in [2.75, 3.05) is 79.8 Å². The van der Waals surface area contributed by atoms with Crippen LogP contribution in [0.4, 0.5) is 0 Å². The van der Waals surface area contributed by atoms with Crippen LogP contribution in [0.5, 0.6) is 0 Å². The molecule has 0 aromatic heterocycles. The molecule has 420 valence electrons. The first-order valence-electron chi connectivity index (χ1n) is 28.7. The molecule has 4 aliphatic heterocycles. The minimum absolute atomic E-state index is 0.0658. The van der Waals surface area contributed by atoms with E-state index in [2.05, 4.69) is 59.4 Å². The van der Waals surface area contributed by atoms with Crippen molar-refractivity contribution in [2.24, 2.45) is 23.7 Å². The molecule has 0 radical (unpaired) electrons. The molecule has 8 rings (SSSR count). The molecule has 16 heteroatoms. The van der Waals surface area contributed by atoms with Crippen LogP contribution in [0.25, 0.3) is 10.8 Å². The summed E-state index contributed by atoms with van der Waals surface area (Å²) in [5.41, 5.74) is 3.21. The Bertz CT molecular complexity index is 2480. The maximum absolute atomic E-state index is 15.0. The first-order valence-corrected chi connectivity index (χ1v) is 28.7. The van der Waals surface area contributed by atoms with E-state index < -0.39 is 24.2 Å². The van der Waals surface area contributed by atoms with Crippen LogP contribution in [0.15, 0.2) is 97.1 Å². The third-order valence-corrected chi connectivity index (χ3v) is 17.3. The van der Waals surface area contributed by atoms with Gasteiger partial charge in [-0.3, -0.25) is 28.8 Å². The van der Waals surface area contributed by atoms with Gasteiger partial charge in [-0.2, -0.15) is 0 Å². The molecular weight excluding hydrogens is 985 g/mol. The molecule has 6 amide bonds. The molecule has 4 saturated heterocycles. The lowest BCUT2D eigenvalue weighted by Crippen LogP contribution is -2.58. The third-order valence-electron chi connectivity index (χ3n) is 17.3. The number of nitrogens with zero attached hydrogens (tertiary/aromatic N) is 4. The predicted molar refractivity (Wildman–Crippen MR) is 303 cm³/mol. The maximum Gasteiger partial charge on any atom is 0.253 e. The van der Waals surface area contributed by atoms with Crippen LogP contribution < -0.4 is 21.3 Å². The van der Waals surface area contributed by atoms with Gasteiger partial charge < -0.3 is 50.3 Å². The van der Waals surface area contributed by atoms with Gasteiger partial charge in [0.1, 0.15) is 12.1 Å². The quantitative estimate of drug-likeness (QED) is 0.0760. The molecule has 0 saturated carbocycles. The van der Waals surface area contributed by atoms with E-state index in [4.69, 9.17) is 9.47 Å². The van der Waals surface area contributed by atoms with Crippen molar-refractivity contribution in [1.82, 2.24) is 40.9 Å². The summed E-state index contributed by atoms with van der Waals surface area (Å²) < 4.78 is 11.3. The second-order valence-electron chi connectivity index (χ2n) is 22.4. The second kappa shape index (κ2) is 27.6. The Kier molecular flexibility index (Phi) is 20.5. The molecule has 4 aromatic rings. The summed E-state index contributed by atoms with van der Waals surface area (Å²) in [5, 5.41) is 13.8. The highest BCUT2D eigenvalue weighted by Crippen LogP contribution is 2.32. The standard InChI is InChI=1S/C62H84N8O8/c1-41-21-31-69(61(75)55(47-25-33-77-34-26-47)65-57(71)43(3)63-5)53(41)39-67(29-23-45-13-9-7-10-14-45)59(73)51-19-17-50-38-52(20-18-49(50)37-51)60(74)68(30-24-46-15-11-8-12-16-46)40-54-42(2)22-32-70(54)62(76)56(48-27-35-78-36-28-48)66-58(72)44(4)64-6/h7-20,37-38,41-44,47-48,53-56,63-64H,21-36,39-40H2,1-6H3,(H,65,71)(H,66,72)/t41-,42-,43-,44-,53+,54+,55-,56-/m0/s1. The molecule has 4 heterocycles. The number of hydrogen-bond donors (Lipinski definition) is 4. The Morgan fingerprint density at radius 3 is 1.27 bits per heavy atom. The lowest BCUT2D eigenvalue weighted by atomic mass is 9.90. The highest BCUT2D eigenvalue weighted by molar-refractivity contribution is 6.02. The minimum Gasteiger partial charge on any atom is -0.381 e. The molecule has 78 heavy (non-hydrogen) atoms. The molecule has 0 spiro atoms. The van der Waals surface area contributed by atoms with E-state index in [9.17, 15) is 28.8 Å².